The van der Waals surface area contributed by atoms with E-state index < -0.39 is 0 Å². The van der Waals surface area contributed by atoms with Crippen LogP contribution in [0.25, 0.3) is 0 Å². The summed E-state index contributed by atoms with van der Waals surface area (Å²) in [4.78, 5) is 11.8. The average Bonchev–Trinajstić information content (AvgIpc) is 2.91. The molecule has 2 amide bonds. The van der Waals surface area contributed by atoms with Crippen molar-refractivity contribution in [2.75, 3.05) is 18.5 Å². The molecule has 4 nitrogen and oxygen atoms in total. The molecule has 0 fully saturated rings. The van der Waals surface area contributed by atoms with Crippen LogP contribution in [0.3, 0.4) is 0 Å². The molecule has 0 atom stereocenters. The highest BCUT2D eigenvalue weighted by atomic mass is 16.3. The van der Waals surface area contributed by atoms with E-state index in [4.69, 9.17) is 0 Å². The monoisotopic (exact) mass is 290 g/mol. The molecule has 0 unspecified atom stereocenters. The number of aliphatic hydroxyl groups is 1. The molecule has 0 saturated heterocycles. The number of aryl methyl sites for hydroxylation is 2. The summed E-state index contributed by atoms with van der Waals surface area (Å²) in [5, 5.41) is 14.9. The van der Waals surface area contributed by atoms with Crippen LogP contribution in [-0.4, -0.2) is 24.3 Å². The number of rotatable bonds is 6. The Hall–Kier alpha value is -1.55. The third-order valence-corrected chi connectivity index (χ3v) is 4.10. The molecular formula is C17H26N2O2. The predicted molar refractivity (Wildman–Crippen MR) is 85.6 cm³/mol. The van der Waals surface area contributed by atoms with E-state index in [9.17, 15) is 9.90 Å². The minimum atomic E-state index is -0.158. The molecular weight excluding hydrogens is 264 g/mol. The van der Waals surface area contributed by atoms with Gasteiger partial charge in [-0.1, -0.05) is 19.9 Å². The third kappa shape index (κ3) is 4.74. The lowest BCUT2D eigenvalue weighted by Crippen LogP contribution is -2.30. The van der Waals surface area contributed by atoms with E-state index in [0.29, 0.717) is 6.54 Å². The van der Waals surface area contributed by atoms with Crippen molar-refractivity contribution in [1.82, 2.24) is 5.32 Å². The van der Waals surface area contributed by atoms with Gasteiger partial charge in [-0.2, -0.15) is 0 Å². The van der Waals surface area contributed by atoms with Crippen molar-refractivity contribution in [2.24, 2.45) is 5.41 Å². The molecule has 116 valence electrons. The molecule has 1 aromatic carbocycles. The van der Waals surface area contributed by atoms with Gasteiger partial charge in [-0.15, -0.1) is 0 Å². The summed E-state index contributed by atoms with van der Waals surface area (Å²) in [6.07, 6.45) is 5.24. The average molecular weight is 290 g/mol. The van der Waals surface area contributed by atoms with Crippen molar-refractivity contribution in [3.8, 4) is 0 Å². The Bertz CT molecular complexity index is 498. The zero-order chi connectivity index (χ0) is 15.3. The smallest absolute Gasteiger partial charge is 0.319 e. The van der Waals surface area contributed by atoms with Crippen LogP contribution in [0.2, 0.25) is 0 Å². The van der Waals surface area contributed by atoms with Crippen LogP contribution in [-0.2, 0) is 12.8 Å². The number of anilines is 1. The second kappa shape index (κ2) is 6.94. The van der Waals surface area contributed by atoms with Crippen molar-refractivity contribution in [3.05, 3.63) is 29.3 Å². The molecule has 2 rings (SSSR count). The van der Waals surface area contributed by atoms with Gasteiger partial charge in [0.05, 0.1) is 0 Å². The van der Waals surface area contributed by atoms with E-state index >= 15 is 0 Å². The Morgan fingerprint density at radius 1 is 1.29 bits per heavy atom. The number of amides is 2. The van der Waals surface area contributed by atoms with E-state index in [2.05, 4.69) is 22.8 Å². The van der Waals surface area contributed by atoms with Gasteiger partial charge >= 0.3 is 6.03 Å². The largest absolute Gasteiger partial charge is 0.396 e. The number of hydrogen-bond donors (Lipinski definition) is 3. The topological polar surface area (TPSA) is 61.4 Å². The predicted octanol–water partition coefficient (Wildman–Crippen LogP) is 3.10. The molecule has 1 aromatic rings. The Balaban J connectivity index is 1.72. The molecule has 0 aliphatic heterocycles. The van der Waals surface area contributed by atoms with Gasteiger partial charge in [0, 0.05) is 18.8 Å². The van der Waals surface area contributed by atoms with Crippen LogP contribution in [0.4, 0.5) is 10.5 Å². The molecule has 0 aromatic heterocycles. The number of aliphatic hydroxyl groups excluding tert-OH is 1. The third-order valence-electron chi connectivity index (χ3n) is 4.10. The second-order valence-electron chi connectivity index (χ2n) is 6.64. The summed E-state index contributed by atoms with van der Waals surface area (Å²) in [5.74, 6) is 0. The molecule has 21 heavy (non-hydrogen) atoms. The zero-order valence-corrected chi connectivity index (χ0v) is 13.0. The van der Waals surface area contributed by atoms with Gasteiger partial charge < -0.3 is 15.7 Å². The fourth-order valence-electron chi connectivity index (χ4n) is 2.67. The Morgan fingerprint density at radius 2 is 2.05 bits per heavy atom. The Kier molecular flexibility index (Phi) is 5.23. The van der Waals surface area contributed by atoms with Crippen molar-refractivity contribution >= 4 is 11.7 Å². The van der Waals surface area contributed by atoms with Gasteiger partial charge in [0.15, 0.2) is 0 Å². The van der Waals surface area contributed by atoms with Gasteiger partial charge in [0.2, 0.25) is 0 Å². The van der Waals surface area contributed by atoms with Crippen LogP contribution in [0.1, 0.15) is 44.2 Å². The molecule has 0 bridgehead atoms. The summed E-state index contributed by atoms with van der Waals surface area (Å²) in [5.41, 5.74) is 3.56. The molecule has 3 N–H and O–H groups in total. The second-order valence-corrected chi connectivity index (χ2v) is 6.64. The zero-order valence-electron chi connectivity index (χ0n) is 13.0. The number of carbonyl (C=O) groups excluding carboxylic acids is 1. The summed E-state index contributed by atoms with van der Waals surface area (Å²) in [6, 6.07) is 6.01. The quantitative estimate of drug-likeness (QED) is 0.705. The van der Waals surface area contributed by atoms with Gasteiger partial charge in [-0.05, 0) is 60.8 Å². The molecule has 0 saturated carbocycles. The number of carbonyl (C=O) groups is 1. The first-order valence-electron chi connectivity index (χ1n) is 7.78. The minimum Gasteiger partial charge on any atom is -0.396 e. The number of hydrogen-bond acceptors (Lipinski definition) is 2. The fourth-order valence-corrected chi connectivity index (χ4v) is 2.67. The highest BCUT2D eigenvalue weighted by Gasteiger charge is 2.15. The Morgan fingerprint density at radius 3 is 2.81 bits per heavy atom. The minimum absolute atomic E-state index is 0.0713. The molecule has 4 heteroatoms. The van der Waals surface area contributed by atoms with Gasteiger partial charge in [0.25, 0.3) is 0 Å². The maximum absolute atomic E-state index is 11.8. The van der Waals surface area contributed by atoms with Crippen LogP contribution in [0, 0.1) is 5.41 Å². The summed E-state index contributed by atoms with van der Waals surface area (Å²) < 4.78 is 0. The summed E-state index contributed by atoms with van der Waals surface area (Å²) >= 11 is 0. The van der Waals surface area contributed by atoms with Crippen LogP contribution in [0.15, 0.2) is 18.2 Å². The van der Waals surface area contributed by atoms with Crippen LogP contribution >= 0.6 is 0 Å². The lowest BCUT2D eigenvalue weighted by molar-refractivity contribution is 0.148. The van der Waals surface area contributed by atoms with Crippen LogP contribution in [0.5, 0.6) is 0 Å². The van der Waals surface area contributed by atoms with E-state index in [1.807, 2.05) is 19.9 Å². The van der Waals surface area contributed by atoms with E-state index in [-0.39, 0.29) is 18.1 Å². The van der Waals surface area contributed by atoms with Gasteiger partial charge in [-0.3, -0.25) is 0 Å². The number of urea groups is 1. The van der Waals surface area contributed by atoms with Crippen LogP contribution < -0.4 is 10.6 Å². The highest BCUT2D eigenvalue weighted by Crippen LogP contribution is 2.24. The highest BCUT2D eigenvalue weighted by molar-refractivity contribution is 5.89. The summed E-state index contributed by atoms with van der Waals surface area (Å²) in [6.45, 7) is 4.85. The molecule has 1 aliphatic rings. The first kappa shape index (κ1) is 15.8. The number of benzene rings is 1. The maximum Gasteiger partial charge on any atom is 0.319 e. The van der Waals surface area contributed by atoms with Crippen molar-refractivity contribution in [2.45, 2.75) is 46.0 Å². The Labute approximate surface area is 126 Å². The molecule has 0 spiro atoms. The van der Waals surface area contributed by atoms with Crippen molar-refractivity contribution in [1.29, 1.82) is 0 Å². The fraction of sp³-hybridized carbons (Fsp3) is 0.588. The van der Waals surface area contributed by atoms with Gasteiger partial charge in [0.1, 0.15) is 0 Å². The van der Waals surface area contributed by atoms with Crippen molar-refractivity contribution < 1.29 is 9.90 Å². The number of nitrogens with one attached hydrogen (secondary N) is 2. The molecule has 0 heterocycles. The van der Waals surface area contributed by atoms with Crippen molar-refractivity contribution in [3.63, 3.8) is 0 Å². The number of fused-ring (bicyclic) bond motifs is 1. The van der Waals surface area contributed by atoms with Gasteiger partial charge in [-0.25, -0.2) is 4.79 Å². The normalized spacial score (nSPS) is 13.9. The first-order chi connectivity index (χ1) is 10.00. The SMILES string of the molecule is CC(C)(CO)CCCNC(=O)Nc1ccc2c(c1)CCC2. The van der Waals surface area contributed by atoms with E-state index in [0.717, 1.165) is 31.4 Å². The lowest BCUT2D eigenvalue weighted by Gasteiger charge is -2.21. The maximum atomic E-state index is 11.8. The summed E-state index contributed by atoms with van der Waals surface area (Å²) in [7, 11) is 0. The lowest BCUT2D eigenvalue weighted by atomic mass is 9.89. The van der Waals surface area contributed by atoms with E-state index in [1.54, 1.807) is 0 Å². The molecule has 1 aliphatic carbocycles. The standard InChI is InChI=1S/C17H26N2O2/c1-17(2,12-20)9-4-10-18-16(21)19-15-8-7-13-5-3-6-14(13)11-15/h7-8,11,20H,3-6,9-10,12H2,1-2H3,(H2,18,19,21). The first-order valence-corrected chi connectivity index (χ1v) is 7.78. The van der Waals surface area contributed by atoms with E-state index in [1.165, 1.54) is 17.5 Å². The molecule has 0 radical (unpaired) electrons.